The lowest BCUT2D eigenvalue weighted by atomic mass is 10.2. The second kappa shape index (κ2) is 7.95. The maximum absolute atomic E-state index is 13.0. The number of carbonyl (C=O) groups excluding carboxylic acids is 2. The Morgan fingerprint density at radius 3 is 2.46 bits per heavy atom. The van der Waals surface area contributed by atoms with Gasteiger partial charge in [0.25, 0.3) is 5.91 Å². The van der Waals surface area contributed by atoms with E-state index in [1.807, 2.05) is 31.7 Å². The minimum Gasteiger partial charge on any atom is -0.343 e. The Morgan fingerprint density at radius 2 is 1.85 bits per heavy atom. The minimum atomic E-state index is -0.0475. The standard InChI is InChI=1S/C19H26N4O2S/c1-4-20-19(25)22-9-7-21(8-10-22)18(24)17-12-14(2)23(15(17)3)13-16-6-5-11-26-16/h5-6,11-12H,4,7-10,13H2,1-3H3,(H,20,25). The van der Waals surface area contributed by atoms with Gasteiger partial charge >= 0.3 is 6.03 Å². The minimum absolute atomic E-state index is 0.0475. The van der Waals surface area contributed by atoms with Gasteiger partial charge in [-0.1, -0.05) is 6.07 Å². The van der Waals surface area contributed by atoms with E-state index in [4.69, 9.17) is 0 Å². The topological polar surface area (TPSA) is 57.6 Å². The number of hydrogen-bond acceptors (Lipinski definition) is 3. The highest BCUT2D eigenvalue weighted by Gasteiger charge is 2.26. The quantitative estimate of drug-likeness (QED) is 0.895. The molecule has 1 aliphatic rings. The third-order valence-corrected chi connectivity index (χ3v) is 5.74. The lowest BCUT2D eigenvalue weighted by molar-refractivity contribution is 0.0664. The number of nitrogens with one attached hydrogen (secondary N) is 1. The van der Waals surface area contributed by atoms with Crippen LogP contribution in [0.1, 0.15) is 33.5 Å². The number of nitrogens with zero attached hydrogens (tertiary/aromatic N) is 3. The summed E-state index contributed by atoms with van der Waals surface area (Å²) in [6, 6.07) is 6.11. The molecule has 2 aromatic heterocycles. The Hall–Kier alpha value is -2.28. The Balaban J connectivity index is 1.68. The van der Waals surface area contributed by atoms with Gasteiger partial charge in [0.1, 0.15) is 0 Å². The number of aromatic nitrogens is 1. The van der Waals surface area contributed by atoms with Crippen molar-refractivity contribution >= 4 is 23.3 Å². The van der Waals surface area contributed by atoms with Crippen LogP contribution in [0.3, 0.4) is 0 Å². The summed E-state index contributed by atoms with van der Waals surface area (Å²) in [6.07, 6.45) is 0. The smallest absolute Gasteiger partial charge is 0.317 e. The van der Waals surface area contributed by atoms with Crippen molar-refractivity contribution in [2.45, 2.75) is 27.3 Å². The largest absolute Gasteiger partial charge is 0.343 e. The molecule has 2 aromatic rings. The summed E-state index contributed by atoms with van der Waals surface area (Å²) in [5, 5.41) is 4.89. The fraction of sp³-hybridized carbons (Fsp3) is 0.474. The first-order valence-electron chi connectivity index (χ1n) is 9.02. The summed E-state index contributed by atoms with van der Waals surface area (Å²) < 4.78 is 2.20. The fourth-order valence-corrected chi connectivity index (χ4v) is 4.06. The molecule has 0 saturated carbocycles. The molecule has 3 rings (SSSR count). The number of thiophene rings is 1. The summed E-state index contributed by atoms with van der Waals surface area (Å²) in [5.41, 5.74) is 2.87. The van der Waals surface area contributed by atoms with Crippen LogP contribution in [0, 0.1) is 13.8 Å². The van der Waals surface area contributed by atoms with Gasteiger partial charge in [0.15, 0.2) is 0 Å². The van der Waals surface area contributed by atoms with E-state index in [0.29, 0.717) is 32.7 Å². The van der Waals surface area contributed by atoms with Crippen LogP contribution in [-0.2, 0) is 6.54 Å². The van der Waals surface area contributed by atoms with Gasteiger partial charge < -0.3 is 19.7 Å². The first-order valence-corrected chi connectivity index (χ1v) is 9.90. The van der Waals surface area contributed by atoms with E-state index >= 15 is 0 Å². The molecule has 0 atom stereocenters. The highest BCUT2D eigenvalue weighted by molar-refractivity contribution is 7.09. The van der Waals surface area contributed by atoms with Crippen LogP contribution in [0.4, 0.5) is 4.79 Å². The first kappa shape index (κ1) is 18.5. The molecule has 0 bridgehead atoms. The molecule has 140 valence electrons. The Labute approximate surface area is 158 Å². The number of rotatable bonds is 4. The third kappa shape index (κ3) is 3.77. The van der Waals surface area contributed by atoms with Crippen molar-refractivity contribution in [2.75, 3.05) is 32.7 Å². The fourth-order valence-electron chi connectivity index (χ4n) is 3.37. The Kier molecular flexibility index (Phi) is 5.66. The number of carbonyl (C=O) groups is 2. The van der Waals surface area contributed by atoms with E-state index in [1.54, 1.807) is 16.2 Å². The zero-order chi connectivity index (χ0) is 18.7. The van der Waals surface area contributed by atoms with Crippen LogP contribution >= 0.6 is 11.3 Å². The second-order valence-electron chi connectivity index (χ2n) is 6.57. The molecular formula is C19H26N4O2S. The SMILES string of the molecule is CCNC(=O)N1CCN(C(=O)c2cc(C)n(Cc3cccs3)c2C)CC1. The lowest BCUT2D eigenvalue weighted by Crippen LogP contribution is -2.53. The maximum Gasteiger partial charge on any atom is 0.317 e. The molecule has 0 aliphatic carbocycles. The van der Waals surface area contributed by atoms with Crippen molar-refractivity contribution in [1.29, 1.82) is 0 Å². The first-order chi connectivity index (χ1) is 12.5. The Morgan fingerprint density at radius 1 is 1.15 bits per heavy atom. The maximum atomic E-state index is 13.0. The predicted molar refractivity (Wildman–Crippen MR) is 104 cm³/mol. The van der Waals surface area contributed by atoms with E-state index in [0.717, 1.165) is 23.5 Å². The molecule has 3 heterocycles. The number of piperazine rings is 1. The lowest BCUT2D eigenvalue weighted by Gasteiger charge is -2.34. The zero-order valence-electron chi connectivity index (χ0n) is 15.6. The molecule has 6 nitrogen and oxygen atoms in total. The second-order valence-corrected chi connectivity index (χ2v) is 7.60. The van der Waals surface area contributed by atoms with Crippen molar-refractivity contribution in [3.63, 3.8) is 0 Å². The molecule has 1 saturated heterocycles. The average Bonchev–Trinajstić information content (AvgIpc) is 3.25. The third-order valence-electron chi connectivity index (χ3n) is 4.88. The molecule has 1 aliphatic heterocycles. The van der Waals surface area contributed by atoms with Gasteiger partial charge in [0.05, 0.1) is 12.1 Å². The summed E-state index contributed by atoms with van der Waals surface area (Å²) in [6.45, 7) is 9.68. The van der Waals surface area contributed by atoms with Gasteiger partial charge in [-0.25, -0.2) is 4.79 Å². The van der Waals surface area contributed by atoms with Gasteiger partial charge in [-0.2, -0.15) is 0 Å². The molecule has 0 aromatic carbocycles. The molecule has 0 spiro atoms. The van der Waals surface area contributed by atoms with Crippen LogP contribution < -0.4 is 5.32 Å². The summed E-state index contributed by atoms with van der Waals surface area (Å²) >= 11 is 1.73. The van der Waals surface area contributed by atoms with Crippen LogP contribution in [0.2, 0.25) is 0 Å². The monoisotopic (exact) mass is 374 g/mol. The van der Waals surface area contributed by atoms with Gasteiger partial charge in [-0.15, -0.1) is 11.3 Å². The number of urea groups is 1. The highest BCUT2D eigenvalue weighted by Crippen LogP contribution is 2.21. The molecule has 0 unspecified atom stereocenters. The van der Waals surface area contributed by atoms with Crippen LogP contribution in [0.5, 0.6) is 0 Å². The van der Waals surface area contributed by atoms with Crippen LogP contribution in [-0.4, -0.2) is 59.0 Å². The van der Waals surface area contributed by atoms with Crippen LogP contribution in [0.15, 0.2) is 23.6 Å². The van der Waals surface area contributed by atoms with E-state index in [-0.39, 0.29) is 11.9 Å². The molecule has 1 N–H and O–H groups in total. The average molecular weight is 375 g/mol. The van der Waals surface area contributed by atoms with Crippen molar-refractivity contribution in [1.82, 2.24) is 19.7 Å². The summed E-state index contributed by atoms with van der Waals surface area (Å²) in [5.74, 6) is 0.0612. The zero-order valence-corrected chi connectivity index (χ0v) is 16.4. The molecule has 7 heteroatoms. The van der Waals surface area contributed by atoms with E-state index in [1.165, 1.54) is 4.88 Å². The van der Waals surface area contributed by atoms with Gasteiger partial charge in [0, 0.05) is 49.0 Å². The highest BCUT2D eigenvalue weighted by atomic mass is 32.1. The normalized spacial score (nSPS) is 14.6. The van der Waals surface area contributed by atoms with Gasteiger partial charge in [-0.05, 0) is 38.3 Å². The Bertz CT molecular complexity index is 774. The van der Waals surface area contributed by atoms with E-state index in [9.17, 15) is 9.59 Å². The van der Waals surface area contributed by atoms with E-state index in [2.05, 4.69) is 27.4 Å². The summed E-state index contributed by atoms with van der Waals surface area (Å²) in [4.78, 5) is 29.8. The molecular weight excluding hydrogens is 348 g/mol. The molecule has 26 heavy (non-hydrogen) atoms. The van der Waals surface area contributed by atoms with Crippen molar-refractivity contribution in [3.05, 3.63) is 45.4 Å². The molecule has 3 amide bonds. The molecule has 0 radical (unpaired) electrons. The van der Waals surface area contributed by atoms with Crippen molar-refractivity contribution in [3.8, 4) is 0 Å². The number of aryl methyl sites for hydroxylation is 1. The molecule has 1 fully saturated rings. The number of amides is 3. The number of hydrogen-bond donors (Lipinski definition) is 1. The van der Waals surface area contributed by atoms with Crippen molar-refractivity contribution in [2.24, 2.45) is 0 Å². The van der Waals surface area contributed by atoms with Crippen LogP contribution in [0.25, 0.3) is 0 Å². The van der Waals surface area contributed by atoms with Gasteiger partial charge in [0.2, 0.25) is 0 Å². The van der Waals surface area contributed by atoms with E-state index < -0.39 is 0 Å². The van der Waals surface area contributed by atoms with Gasteiger partial charge in [-0.3, -0.25) is 4.79 Å². The predicted octanol–water partition coefficient (Wildman–Crippen LogP) is 2.70. The van der Waals surface area contributed by atoms with Crippen molar-refractivity contribution < 1.29 is 9.59 Å². The summed E-state index contributed by atoms with van der Waals surface area (Å²) in [7, 11) is 0.